The van der Waals surface area contributed by atoms with Gasteiger partial charge in [-0.15, -0.1) is 0 Å². The number of rotatable bonds is 7. The topological polar surface area (TPSA) is 101 Å². The Hall–Kier alpha value is -2.42. The van der Waals surface area contributed by atoms with Gasteiger partial charge in [-0.25, -0.2) is 13.2 Å². The van der Waals surface area contributed by atoms with Crippen LogP contribution in [0.4, 0.5) is 5.69 Å². The number of amides is 2. The van der Waals surface area contributed by atoms with E-state index >= 15 is 0 Å². The van der Waals surface area contributed by atoms with Gasteiger partial charge in [-0.1, -0.05) is 13.0 Å². The molecule has 0 unspecified atom stereocenters. The maximum atomic E-state index is 12.6. The van der Waals surface area contributed by atoms with Gasteiger partial charge in [0.1, 0.15) is 0 Å². The zero-order chi connectivity index (χ0) is 21.0. The molecule has 9 heteroatoms. The van der Waals surface area contributed by atoms with Gasteiger partial charge >= 0.3 is 5.97 Å². The largest absolute Gasteiger partial charge is 0.452 e. The van der Waals surface area contributed by atoms with Crippen molar-refractivity contribution in [1.29, 1.82) is 0 Å². The van der Waals surface area contributed by atoms with Crippen LogP contribution in [0.15, 0.2) is 24.3 Å². The molecule has 1 aromatic carbocycles. The number of anilines is 1. The van der Waals surface area contributed by atoms with E-state index in [4.69, 9.17) is 4.74 Å². The first kappa shape index (κ1) is 21.3. The molecule has 2 aliphatic rings. The molecule has 0 bridgehead atoms. The summed E-state index contributed by atoms with van der Waals surface area (Å²) < 4.78 is 28.7. The summed E-state index contributed by atoms with van der Waals surface area (Å²) in [4.78, 5) is 40.0. The van der Waals surface area contributed by atoms with Gasteiger partial charge in [0.25, 0.3) is 5.91 Å². The van der Waals surface area contributed by atoms with Gasteiger partial charge in [-0.3, -0.25) is 9.59 Å². The van der Waals surface area contributed by atoms with Crippen LogP contribution in [0.5, 0.6) is 0 Å². The van der Waals surface area contributed by atoms with E-state index in [9.17, 15) is 22.8 Å². The van der Waals surface area contributed by atoms with Crippen LogP contribution in [0, 0.1) is 0 Å². The Morgan fingerprint density at radius 1 is 1.31 bits per heavy atom. The molecule has 0 saturated carbocycles. The highest BCUT2D eigenvalue weighted by atomic mass is 32.2. The Balaban J connectivity index is 1.62. The zero-order valence-electron chi connectivity index (χ0n) is 16.5. The SMILES string of the molecule is CCCN(C(=O)COC(=O)c1cccc(N2CCCC2=O)c1)[C@H]1CCS(=O)(=O)C1. The van der Waals surface area contributed by atoms with E-state index in [2.05, 4.69) is 0 Å². The smallest absolute Gasteiger partial charge is 0.338 e. The highest BCUT2D eigenvalue weighted by molar-refractivity contribution is 7.91. The maximum absolute atomic E-state index is 12.6. The van der Waals surface area contributed by atoms with Gasteiger partial charge in [-0.2, -0.15) is 0 Å². The number of benzene rings is 1. The Bertz CT molecular complexity index is 898. The second kappa shape index (κ2) is 8.94. The number of esters is 1. The average molecular weight is 423 g/mol. The Morgan fingerprint density at radius 3 is 2.72 bits per heavy atom. The molecule has 3 rings (SSSR count). The van der Waals surface area contributed by atoms with E-state index in [0.717, 1.165) is 6.42 Å². The fourth-order valence-electron chi connectivity index (χ4n) is 3.79. The van der Waals surface area contributed by atoms with Crippen LogP contribution in [0.1, 0.15) is 43.0 Å². The lowest BCUT2D eigenvalue weighted by Crippen LogP contribution is -2.43. The molecule has 0 aliphatic carbocycles. The van der Waals surface area contributed by atoms with Crippen molar-refractivity contribution in [2.45, 2.75) is 38.6 Å². The fraction of sp³-hybridized carbons (Fsp3) is 0.550. The van der Waals surface area contributed by atoms with Crippen molar-refractivity contribution in [2.75, 3.05) is 36.1 Å². The van der Waals surface area contributed by atoms with Gasteiger partial charge in [0, 0.05) is 31.2 Å². The van der Waals surface area contributed by atoms with E-state index in [1.807, 2.05) is 6.92 Å². The lowest BCUT2D eigenvalue weighted by Gasteiger charge is -2.27. The molecule has 0 spiro atoms. The molecule has 0 radical (unpaired) electrons. The summed E-state index contributed by atoms with van der Waals surface area (Å²) >= 11 is 0. The first-order chi connectivity index (χ1) is 13.8. The Morgan fingerprint density at radius 2 is 2.10 bits per heavy atom. The molecular weight excluding hydrogens is 396 g/mol. The second-order valence-corrected chi connectivity index (χ2v) is 9.65. The van der Waals surface area contributed by atoms with Crippen LogP contribution < -0.4 is 4.90 Å². The number of hydrogen-bond acceptors (Lipinski definition) is 6. The molecule has 2 saturated heterocycles. The number of nitrogens with zero attached hydrogens (tertiary/aromatic N) is 2. The molecule has 29 heavy (non-hydrogen) atoms. The van der Waals surface area contributed by atoms with Crippen molar-refractivity contribution in [1.82, 2.24) is 4.90 Å². The average Bonchev–Trinajstić information content (AvgIpc) is 3.28. The molecule has 158 valence electrons. The third kappa shape index (κ3) is 5.14. The van der Waals surface area contributed by atoms with E-state index in [-0.39, 0.29) is 29.0 Å². The van der Waals surface area contributed by atoms with E-state index in [0.29, 0.717) is 38.0 Å². The standard InChI is InChI=1S/C20H26N2O6S/c1-2-9-21(17-8-11-29(26,27)14-17)19(24)13-28-20(25)15-5-3-6-16(12-15)22-10-4-7-18(22)23/h3,5-6,12,17H,2,4,7-11,13-14H2,1H3/t17-/m0/s1. The highest BCUT2D eigenvalue weighted by Gasteiger charge is 2.34. The van der Waals surface area contributed by atoms with Gasteiger partial charge < -0.3 is 14.5 Å². The van der Waals surface area contributed by atoms with Crippen molar-refractivity contribution in [3.63, 3.8) is 0 Å². The molecule has 0 aromatic heterocycles. The predicted molar refractivity (Wildman–Crippen MR) is 107 cm³/mol. The molecule has 8 nitrogen and oxygen atoms in total. The number of carbonyl (C=O) groups is 3. The lowest BCUT2D eigenvalue weighted by atomic mass is 10.2. The normalized spacial score (nSPS) is 20.7. The fourth-order valence-corrected chi connectivity index (χ4v) is 5.52. The number of sulfone groups is 1. The van der Waals surface area contributed by atoms with Gasteiger partial charge in [-0.05, 0) is 37.5 Å². The summed E-state index contributed by atoms with van der Waals surface area (Å²) in [7, 11) is -3.12. The highest BCUT2D eigenvalue weighted by Crippen LogP contribution is 2.23. The van der Waals surface area contributed by atoms with Crippen molar-refractivity contribution in [3.8, 4) is 0 Å². The van der Waals surface area contributed by atoms with Crippen LogP contribution in [0.25, 0.3) is 0 Å². The molecule has 2 aliphatic heterocycles. The maximum Gasteiger partial charge on any atom is 0.338 e. The molecule has 1 aromatic rings. The first-order valence-corrected chi connectivity index (χ1v) is 11.7. The number of hydrogen-bond donors (Lipinski definition) is 0. The predicted octanol–water partition coefficient (Wildman–Crippen LogP) is 1.40. The van der Waals surface area contributed by atoms with Crippen LogP contribution in [-0.4, -0.2) is 68.3 Å². The Labute approximate surface area is 170 Å². The summed E-state index contributed by atoms with van der Waals surface area (Å²) in [5.41, 5.74) is 0.900. The van der Waals surface area contributed by atoms with Gasteiger partial charge in [0.15, 0.2) is 16.4 Å². The second-order valence-electron chi connectivity index (χ2n) is 7.42. The summed E-state index contributed by atoms with van der Waals surface area (Å²) in [6.07, 6.45) is 2.37. The molecule has 1 atom stereocenters. The minimum Gasteiger partial charge on any atom is -0.452 e. The Kier molecular flexibility index (Phi) is 6.56. The number of carbonyl (C=O) groups excluding carboxylic acids is 3. The molecular formula is C20H26N2O6S. The van der Waals surface area contributed by atoms with Crippen molar-refractivity contribution >= 4 is 33.3 Å². The van der Waals surface area contributed by atoms with Gasteiger partial charge in [0.2, 0.25) is 5.91 Å². The zero-order valence-corrected chi connectivity index (χ0v) is 17.3. The van der Waals surface area contributed by atoms with E-state index in [1.165, 1.54) is 4.90 Å². The van der Waals surface area contributed by atoms with Crippen molar-refractivity contribution < 1.29 is 27.5 Å². The van der Waals surface area contributed by atoms with Crippen molar-refractivity contribution in [3.05, 3.63) is 29.8 Å². The van der Waals surface area contributed by atoms with Crippen LogP contribution in [0.2, 0.25) is 0 Å². The number of ether oxygens (including phenoxy) is 1. The van der Waals surface area contributed by atoms with Crippen LogP contribution >= 0.6 is 0 Å². The molecule has 0 N–H and O–H groups in total. The third-order valence-electron chi connectivity index (χ3n) is 5.23. The summed E-state index contributed by atoms with van der Waals surface area (Å²) in [5.74, 6) is -0.992. The molecule has 2 heterocycles. The first-order valence-electron chi connectivity index (χ1n) is 9.88. The lowest BCUT2D eigenvalue weighted by molar-refractivity contribution is -0.136. The summed E-state index contributed by atoms with van der Waals surface area (Å²) in [6, 6.07) is 6.23. The van der Waals surface area contributed by atoms with E-state index in [1.54, 1.807) is 29.2 Å². The molecule has 2 amide bonds. The van der Waals surface area contributed by atoms with Gasteiger partial charge in [0.05, 0.1) is 17.1 Å². The van der Waals surface area contributed by atoms with E-state index < -0.39 is 28.3 Å². The quantitative estimate of drug-likeness (QED) is 0.616. The van der Waals surface area contributed by atoms with Crippen molar-refractivity contribution in [2.24, 2.45) is 0 Å². The third-order valence-corrected chi connectivity index (χ3v) is 6.98. The van der Waals surface area contributed by atoms with Crippen LogP contribution in [-0.2, 0) is 24.2 Å². The minimum atomic E-state index is -3.12. The monoisotopic (exact) mass is 422 g/mol. The summed E-state index contributed by atoms with van der Waals surface area (Å²) in [5, 5.41) is 0. The summed E-state index contributed by atoms with van der Waals surface area (Å²) in [6.45, 7) is 2.50. The van der Waals surface area contributed by atoms with Crippen LogP contribution in [0.3, 0.4) is 0 Å². The minimum absolute atomic E-state index is 0.0208. The molecule has 2 fully saturated rings.